The molecule has 2 bridgehead atoms. The first-order chi connectivity index (χ1) is 21.9. The van der Waals surface area contributed by atoms with Gasteiger partial charge in [0.25, 0.3) is 5.56 Å². The number of aromatic amines is 1. The number of nitrogens with two attached hydrogens (primary N) is 2. The molecule has 3 saturated heterocycles. The molecule has 4 aromatic heterocycles. The number of hydrogen-bond acceptors (Lipinski definition) is 18. The highest BCUT2D eigenvalue weighted by molar-refractivity contribution is 8.39. The molecule has 3 aliphatic rings. The largest absolute Gasteiger partial charge is 0.582 e. The molecule has 3 aliphatic heterocycles. The van der Waals surface area contributed by atoms with Crippen LogP contribution >= 0.6 is 38.0 Å². The van der Waals surface area contributed by atoms with E-state index in [0.717, 1.165) is 11.8 Å². The zero-order valence-corrected chi connectivity index (χ0v) is 27.4. The van der Waals surface area contributed by atoms with Crippen molar-refractivity contribution in [1.29, 1.82) is 0 Å². The summed E-state index contributed by atoms with van der Waals surface area (Å²) < 4.78 is 43.3. The molecule has 0 aliphatic carbocycles. The van der Waals surface area contributed by atoms with Crippen molar-refractivity contribution in [2.45, 2.75) is 46.9 Å². The molecule has 7 heterocycles. The summed E-state index contributed by atoms with van der Waals surface area (Å²) in [7, 11) is -2.29. The summed E-state index contributed by atoms with van der Waals surface area (Å²) in [5.74, 6) is -0.00900. The van der Waals surface area contributed by atoms with Crippen LogP contribution in [0.15, 0.2) is 23.8 Å². The van der Waals surface area contributed by atoms with Crippen LogP contribution in [0.1, 0.15) is 11.6 Å². The fraction of sp³-hybridized carbons (Fsp3) is 0.524. The fourth-order valence-electron chi connectivity index (χ4n) is 5.63. The lowest BCUT2D eigenvalue weighted by Gasteiger charge is -2.33. The maximum atomic E-state index is 12.4. The topological polar surface area (TPSA) is 283 Å². The molecule has 246 valence electrons. The van der Waals surface area contributed by atoms with Crippen molar-refractivity contribution in [3.63, 3.8) is 0 Å². The van der Waals surface area contributed by atoms with Gasteiger partial charge in [0.05, 0.1) is 37.2 Å². The molecule has 0 spiro atoms. The minimum absolute atomic E-state index is 0.0301. The molecule has 0 radical (unpaired) electrons. The molecule has 4 aromatic rings. The molecule has 0 aromatic carbocycles. The number of anilines is 2. The van der Waals surface area contributed by atoms with Gasteiger partial charge in [-0.2, -0.15) is 4.98 Å². The Morgan fingerprint density at radius 1 is 1.22 bits per heavy atom. The van der Waals surface area contributed by atoms with Crippen molar-refractivity contribution in [3.05, 3.63) is 29.3 Å². The lowest BCUT2D eigenvalue weighted by atomic mass is 10.0. The van der Waals surface area contributed by atoms with E-state index in [0.29, 0.717) is 11.2 Å². The Bertz CT molecular complexity index is 1950. The zero-order valence-electron chi connectivity index (χ0n) is 23.0. The van der Waals surface area contributed by atoms with Gasteiger partial charge in [0.15, 0.2) is 28.9 Å². The molecular formula is C21H25N10O10P2S3+. The Labute approximate surface area is 272 Å². The summed E-state index contributed by atoms with van der Waals surface area (Å²) in [4.78, 5) is 46.6. The summed E-state index contributed by atoms with van der Waals surface area (Å²) in [6.45, 7) is -4.96. The second-order valence-electron chi connectivity index (χ2n) is 10.6. The predicted octanol–water partition coefficient (Wildman–Crippen LogP) is -0.652. The van der Waals surface area contributed by atoms with Gasteiger partial charge in [-0.3, -0.25) is 23.4 Å². The first-order valence-electron chi connectivity index (χ1n) is 13.3. The lowest BCUT2D eigenvalue weighted by Crippen LogP contribution is -2.45. The minimum Gasteiger partial charge on any atom is -0.389 e. The number of ether oxygens (including phenoxy) is 2. The third kappa shape index (κ3) is 5.51. The number of rotatable bonds is 10. The Balaban J connectivity index is 1.12. The van der Waals surface area contributed by atoms with Crippen molar-refractivity contribution in [2.75, 3.05) is 31.3 Å². The number of aromatic nitrogens is 8. The highest BCUT2D eigenvalue weighted by Gasteiger charge is 2.63. The Morgan fingerprint density at radius 2 is 1.98 bits per heavy atom. The van der Waals surface area contributed by atoms with Crippen molar-refractivity contribution >= 4 is 83.9 Å². The van der Waals surface area contributed by atoms with Crippen molar-refractivity contribution < 1.29 is 42.7 Å². The van der Waals surface area contributed by atoms with Crippen LogP contribution in [0, 0.1) is 0 Å². The second kappa shape index (κ2) is 11.9. The van der Waals surface area contributed by atoms with Crippen LogP contribution in [0.25, 0.3) is 22.3 Å². The highest BCUT2D eigenvalue weighted by atomic mass is 32.7. The van der Waals surface area contributed by atoms with E-state index in [4.69, 9.17) is 46.3 Å². The smallest absolute Gasteiger partial charge is 0.389 e. The average molecular weight is 736 g/mol. The van der Waals surface area contributed by atoms with Gasteiger partial charge < -0.3 is 40.6 Å². The summed E-state index contributed by atoms with van der Waals surface area (Å²) in [6.07, 6.45) is -1.55. The number of imidazole rings is 2. The van der Waals surface area contributed by atoms with E-state index in [1.54, 1.807) is 4.57 Å². The molecule has 3 fully saturated rings. The predicted molar refractivity (Wildman–Crippen MR) is 167 cm³/mol. The first-order valence-corrected chi connectivity index (χ1v) is 19.1. The van der Waals surface area contributed by atoms with Gasteiger partial charge in [-0.05, 0) is 16.4 Å². The van der Waals surface area contributed by atoms with Crippen molar-refractivity contribution in [2.24, 2.45) is 0 Å². The van der Waals surface area contributed by atoms with Crippen LogP contribution in [-0.2, 0) is 39.4 Å². The van der Waals surface area contributed by atoms with Gasteiger partial charge in [0, 0.05) is 0 Å². The summed E-state index contributed by atoms with van der Waals surface area (Å²) in [5.41, 5.74) is 10.4. The molecule has 7 rings (SSSR count). The Hall–Kier alpha value is -2.37. The van der Waals surface area contributed by atoms with Crippen LogP contribution < -0.4 is 17.0 Å². The van der Waals surface area contributed by atoms with Gasteiger partial charge >= 0.3 is 13.9 Å². The van der Waals surface area contributed by atoms with E-state index >= 15 is 0 Å². The highest BCUT2D eigenvalue weighted by Crippen LogP contribution is 2.55. The van der Waals surface area contributed by atoms with E-state index < -0.39 is 73.0 Å². The second-order valence-corrected chi connectivity index (χ2v) is 16.4. The molecule has 20 nitrogen and oxygen atoms in total. The van der Waals surface area contributed by atoms with Gasteiger partial charge in [-0.1, -0.05) is 0 Å². The molecule has 46 heavy (non-hydrogen) atoms. The maximum absolute atomic E-state index is 12.4. The summed E-state index contributed by atoms with van der Waals surface area (Å²) in [6, 6.07) is 0. The Morgan fingerprint density at radius 3 is 2.76 bits per heavy atom. The van der Waals surface area contributed by atoms with Crippen LogP contribution in [-0.4, -0.2) is 109 Å². The van der Waals surface area contributed by atoms with Gasteiger partial charge in [-0.15, -0.1) is 16.3 Å². The number of aliphatic hydroxyl groups is 2. The van der Waals surface area contributed by atoms with Crippen molar-refractivity contribution in [3.8, 4) is 0 Å². The third-order valence-electron chi connectivity index (χ3n) is 7.78. The van der Waals surface area contributed by atoms with E-state index in [2.05, 4.69) is 42.2 Å². The van der Waals surface area contributed by atoms with Gasteiger partial charge in [0.2, 0.25) is 5.95 Å². The van der Waals surface area contributed by atoms with E-state index in [-0.39, 0.29) is 36.1 Å². The van der Waals surface area contributed by atoms with Crippen molar-refractivity contribution in [1.82, 2.24) is 39.0 Å². The summed E-state index contributed by atoms with van der Waals surface area (Å²) >= 11 is 10.2. The van der Waals surface area contributed by atoms with Crippen LogP contribution in [0.2, 0.25) is 0 Å². The van der Waals surface area contributed by atoms with E-state index in [1.165, 1.54) is 23.5 Å². The Kier molecular flexibility index (Phi) is 8.36. The lowest BCUT2D eigenvalue weighted by molar-refractivity contribution is -0.183. The molecule has 10 atom stereocenters. The standard InChI is InChI=1S/C21H24N10O10P2S3/c22-14-8-15(25-4-24-14)30(5-26-8)18-12-13(33)21(40-18,2-37-12)3-39-43(36,45)41-11-10(32)7(1-38-42(35)44)46-19(11)31-6-27-9-16(31)28-20(23)29-17(9)34/h4-7,10-13,18-19,32-33H,1-3H2,(H6-,22,23,24,25,28,29,34,35,36,44,45)/p+1/t7-,10-,11-,12-,13+,18-,19-,21-,43?/m1/s1. The summed E-state index contributed by atoms with van der Waals surface area (Å²) in [5, 5.41) is 20.7. The minimum atomic E-state index is -4.21. The van der Waals surface area contributed by atoms with Gasteiger partial charge in [0.1, 0.15) is 60.0 Å². The zero-order chi connectivity index (χ0) is 32.5. The number of nitrogens with one attached hydrogen (secondary N) is 1. The number of aliphatic hydroxyl groups excluding tert-OH is 2. The molecule has 0 saturated carbocycles. The number of hydrogen-bond donors (Lipinski definition) is 7. The molecule has 0 amide bonds. The number of thiol groups is 1. The molecule has 2 unspecified atom stereocenters. The van der Waals surface area contributed by atoms with E-state index in [9.17, 15) is 24.5 Å². The monoisotopic (exact) mass is 735 g/mol. The van der Waals surface area contributed by atoms with E-state index in [1.807, 2.05) is 0 Å². The van der Waals surface area contributed by atoms with Crippen LogP contribution in [0.5, 0.6) is 0 Å². The molecular weight excluding hydrogens is 710 g/mol. The number of H-pyrrole nitrogens is 1. The third-order valence-corrected chi connectivity index (χ3v) is 11.6. The first kappa shape index (κ1) is 32.2. The average Bonchev–Trinajstić information content (AvgIpc) is 3.80. The number of nitrogens with zero attached hydrogens (tertiary/aromatic N) is 7. The fourth-order valence-corrected chi connectivity index (χ4v) is 9.23. The quantitative estimate of drug-likeness (QED) is 0.0787. The molecule has 25 heteroatoms. The van der Waals surface area contributed by atoms with Crippen LogP contribution in [0.4, 0.5) is 11.8 Å². The van der Waals surface area contributed by atoms with Gasteiger partial charge in [-0.25, -0.2) is 19.9 Å². The van der Waals surface area contributed by atoms with Crippen LogP contribution in [0.3, 0.4) is 0 Å². The number of thioether (sulfide) groups is 1. The number of nitrogen functional groups attached to an aromatic ring is 2. The molecule has 8 N–H and O–H groups in total. The normalized spacial score (nSPS) is 32.4. The SMILES string of the molecule is Nc1nc2c(ncn2[C@@H]2S[C@H](CO[P+](=O)S)[C@@H](O)[C@H]2OP(O)(=S)OC[C@@]23CO[C@@H]([C@H](n4cnc5c(N)ncnc54)O2)[C@@H]3O)c(=O)[nH]1. The number of fused-ring (bicyclic) bond motifs is 4. The maximum Gasteiger partial charge on any atom is 0.582 e.